The molecule has 0 saturated carbocycles. The van der Waals surface area contributed by atoms with Crippen LogP contribution in [-0.2, 0) is 20.3 Å². The number of anilines is 2. The molecule has 158 valence electrons. The highest BCUT2D eigenvalue weighted by molar-refractivity contribution is 5.78. The summed E-state index contributed by atoms with van der Waals surface area (Å²) in [6.07, 6.45) is 0. The van der Waals surface area contributed by atoms with Gasteiger partial charge in [0.25, 0.3) is 0 Å². The van der Waals surface area contributed by atoms with Crippen LogP contribution in [0.15, 0.2) is 36.4 Å². The third kappa shape index (κ3) is 1.91. The maximum absolute atomic E-state index is 6.26. The van der Waals surface area contributed by atoms with Gasteiger partial charge >= 0.3 is 0 Å². The van der Waals surface area contributed by atoms with E-state index in [-0.39, 0.29) is 22.3 Å². The second-order valence-electron chi connectivity index (χ2n) is 10.7. The predicted octanol–water partition coefficient (Wildman–Crippen LogP) is 5.04. The molecule has 0 aromatic heterocycles. The Hall–Kier alpha value is -2.04. The molecule has 4 aliphatic rings. The van der Waals surface area contributed by atoms with Gasteiger partial charge < -0.3 is 19.3 Å². The van der Waals surface area contributed by atoms with Gasteiger partial charge in [0.15, 0.2) is 0 Å². The van der Waals surface area contributed by atoms with Gasteiger partial charge in [-0.05, 0) is 60.4 Å². The van der Waals surface area contributed by atoms with Crippen LogP contribution in [-0.4, -0.2) is 37.8 Å². The summed E-state index contributed by atoms with van der Waals surface area (Å²) in [5.74, 6) is 0. The zero-order valence-corrected chi connectivity index (χ0v) is 19.0. The SMILES string of the molecule is CC1(C)c2cc(-c3ccc4c(c3)C(C)(C)C3(C)OCCN43)ccc2N2CCOC21C. The molecule has 6 rings (SSSR count). The molecule has 4 heteroatoms. The topological polar surface area (TPSA) is 24.9 Å². The van der Waals surface area contributed by atoms with Crippen LogP contribution in [0.1, 0.15) is 52.7 Å². The highest BCUT2D eigenvalue weighted by Crippen LogP contribution is 2.56. The molecular formula is C26H32N2O2. The standard InChI is InChI=1S/C26H32N2O2/c1-23(2)19-15-17(7-9-21(19)27-11-13-29-25(23,27)5)18-8-10-22-20(16-18)24(3,4)26(6)28(22)12-14-30-26/h7-10,15-16H,11-14H2,1-6H3. The highest BCUT2D eigenvalue weighted by atomic mass is 16.5. The first-order valence-electron chi connectivity index (χ1n) is 11.2. The van der Waals surface area contributed by atoms with Gasteiger partial charge in [0.1, 0.15) is 11.4 Å². The Balaban J connectivity index is 1.47. The summed E-state index contributed by atoms with van der Waals surface area (Å²) in [5.41, 5.74) is 7.35. The molecular weight excluding hydrogens is 372 g/mol. The van der Waals surface area contributed by atoms with Gasteiger partial charge in [-0.1, -0.05) is 39.8 Å². The number of nitrogens with zero attached hydrogens (tertiary/aromatic N) is 2. The van der Waals surface area contributed by atoms with Crippen LogP contribution in [0.5, 0.6) is 0 Å². The van der Waals surface area contributed by atoms with E-state index in [9.17, 15) is 0 Å². The van der Waals surface area contributed by atoms with Crippen molar-refractivity contribution in [3.05, 3.63) is 47.5 Å². The smallest absolute Gasteiger partial charge is 0.147 e. The average molecular weight is 405 g/mol. The zero-order chi connectivity index (χ0) is 21.1. The highest BCUT2D eigenvalue weighted by Gasteiger charge is 2.58. The molecule has 0 N–H and O–H groups in total. The molecule has 2 aromatic rings. The first-order valence-corrected chi connectivity index (χ1v) is 11.2. The molecule has 2 atom stereocenters. The summed E-state index contributed by atoms with van der Waals surface area (Å²) >= 11 is 0. The average Bonchev–Trinajstić information content (AvgIpc) is 3.38. The van der Waals surface area contributed by atoms with E-state index in [0.29, 0.717) is 0 Å². The van der Waals surface area contributed by atoms with Crippen molar-refractivity contribution >= 4 is 11.4 Å². The first kappa shape index (κ1) is 18.7. The van der Waals surface area contributed by atoms with Crippen LogP contribution in [0.4, 0.5) is 11.4 Å². The Morgan fingerprint density at radius 3 is 1.43 bits per heavy atom. The molecule has 4 aliphatic heterocycles. The van der Waals surface area contributed by atoms with Crippen molar-refractivity contribution < 1.29 is 9.47 Å². The Morgan fingerprint density at radius 2 is 1.03 bits per heavy atom. The van der Waals surface area contributed by atoms with Gasteiger partial charge in [-0.3, -0.25) is 0 Å². The lowest BCUT2D eigenvalue weighted by Gasteiger charge is -2.39. The van der Waals surface area contributed by atoms with Crippen LogP contribution < -0.4 is 9.80 Å². The fraction of sp³-hybridized carbons (Fsp3) is 0.538. The molecule has 2 fully saturated rings. The lowest BCUT2D eigenvalue weighted by atomic mass is 9.77. The van der Waals surface area contributed by atoms with Crippen molar-refractivity contribution in [3.63, 3.8) is 0 Å². The fourth-order valence-electron chi connectivity index (χ4n) is 6.39. The second-order valence-corrected chi connectivity index (χ2v) is 10.7. The van der Waals surface area contributed by atoms with Crippen LogP contribution >= 0.6 is 0 Å². The molecule has 0 spiro atoms. The van der Waals surface area contributed by atoms with Crippen molar-refractivity contribution in [1.82, 2.24) is 0 Å². The zero-order valence-electron chi connectivity index (χ0n) is 19.0. The third-order valence-electron chi connectivity index (χ3n) is 9.00. The number of hydrogen-bond acceptors (Lipinski definition) is 4. The fourth-order valence-corrected chi connectivity index (χ4v) is 6.39. The largest absolute Gasteiger partial charge is 0.353 e. The van der Waals surface area contributed by atoms with E-state index in [4.69, 9.17) is 9.47 Å². The Morgan fingerprint density at radius 1 is 0.633 bits per heavy atom. The van der Waals surface area contributed by atoms with E-state index < -0.39 is 0 Å². The Bertz CT molecular complexity index is 989. The number of fused-ring (bicyclic) bond motifs is 6. The molecule has 4 nitrogen and oxygen atoms in total. The summed E-state index contributed by atoms with van der Waals surface area (Å²) in [5, 5.41) is 0. The summed E-state index contributed by atoms with van der Waals surface area (Å²) in [7, 11) is 0. The lowest BCUT2D eigenvalue weighted by molar-refractivity contribution is -0.0251. The molecule has 30 heavy (non-hydrogen) atoms. The maximum Gasteiger partial charge on any atom is 0.147 e. The van der Waals surface area contributed by atoms with Gasteiger partial charge in [0, 0.05) is 35.3 Å². The Kier molecular flexibility index (Phi) is 3.37. The van der Waals surface area contributed by atoms with Gasteiger partial charge in [0.2, 0.25) is 0 Å². The number of ether oxygens (including phenoxy) is 2. The van der Waals surface area contributed by atoms with E-state index in [1.54, 1.807) is 0 Å². The van der Waals surface area contributed by atoms with Gasteiger partial charge in [0.05, 0.1) is 13.2 Å². The molecule has 0 radical (unpaired) electrons. The van der Waals surface area contributed by atoms with E-state index in [1.165, 1.54) is 33.6 Å². The summed E-state index contributed by atoms with van der Waals surface area (Å²) in [6, 6.07) is 13.9. The summed E-state index contributed by atoms with van der Waals surface area (Å²) < 4.78 is 12.5. The minimum atomic E-state index is -0.259. The third-order valence-corrected chi connectivity index (χ3v) is 9.00. The summed E-state index contributed by atoms with van der Waals surface area (Å²) in [6.45, 7) is 17.3. The molecule has 0 aliphatic carbocycles. The van der Waals surface area contributed by atoms with Crippen LogP contribution in [0.25, 0.3) is 11.1 Å². The second kappa shape index (κ2) is 5.41. The normalized spacial score (nSPS) is 32.2. The van der Waals surface area contributed by atoms with Crippen LogP contribution in [0.2, 0.25) is 0 Å². The van der Waals surface area contributed by atoms with Gasteiger partial charge in [-0.2, -0.15) is 0 Å². The van der Waals surface area contributed by atoms with Crippen molar-refractivity contribution in [3.8, 4) is 11.1 Å². The van der Waals surface area contributed by atoms with Crippen LogP contribution in [0.3, 0.4) is 0 Å². The van der Waals surface area contributed by atoms with Crippen molar-refractivity contribution in [1.29, 1.82) is 0 Å². The minimum absolute atomic E-state index is 0.0606. The summed E-state index contributed by atoms with van der Waals surface area (Å²) in [4.78, 5) is 4.90. The molecule has 4 heterocycles. The van der Waals surface area contributed by atoms with E-state index in [1.807, 2.05) is 0 Å². The van der Waals surface area contributed by atoms with E-state index >= 15 is 0 Å². The molecule has 2 saturated heterocycles. The number of rotatable bonds is 1. The quantitative estimate of drug-likeness (QED) is 0.665. The number of hydrogen-bond donors (Lipinski definition) is 0. The molecule has 2 unspecified atom stereocenters. The molecule has 0 bridgehead atoms. The van der Waals surface area contributed by atoms with Crippen molar-refractivity contribution in [2.75, 3.05) is 36.1 Å². The number of benzene rings is 2. The lowest BCUT2D eigenvalue weighted by Crippen LogP contribution is -2.50. The van der Waals surface area contributed by atoms with Gasteiger partial charge in [-0.25, -0.2) is 0 Å². The van der Waals surface area contributed by atoms with E-state index in [2.05, 4.69) is 87.7 Å². The molecule has 2 aromatic carbocycles. The monoisotopic (exact) mass is 404 g/mol. The van der Waals surface area contributed by atoms with Crippen molar-refractivity contribution in [2.24, 2.45) is 0 Å². The van der Waals surface area contributed by atoms with Crippen molar-refractivity contribution in [2.45, 2.75) is 63.8 Å². The molecule has 0 amide bonds. The minimum Gasteiger partial charge on any atom is -0.353 e. The van der Waals surface area contributed by atoms with Gasteiger partial charge in [-0.15, -0.1) is 0 Å². The maximum atomic E-state index is 6.26. The first-order chi connectivity index (χ1) is 14.1. The predicted molar refractivity (Wildman–Crippen MR) is 121 cm³/mol. The Labute approximate surface area is 179 Å². The van der Waals surface area contributed by atoms with E-state index in [0.717, 1.165) is 26.3 Å². The van der Waals surface area contributed by atoms with Crippen LogP contribution in [0, 0.1) is 0 Å².